The Hall–Kier alpha value is -3.24. The predicted octanol–water partition coefficient (Wildman–Crippen LogP) is 5.21. The molecule has 0 aliphatic carbocycles. The molecular weight excluding hydrogens is 604 g/mol. The number of carbonyl (C=O) groups is 4. The van der Waals surface area contributed by atoms with Gasteiger partial charge < -0.3 is 31.9 Å². The van der Waals surface area contributed by atoms with Crippen LogP contribution in [0.5, 0.6) is 0 Å². The number of hydrogen-bond acceptors (Lipinski definition) is 6. The van der Waals surface area contributed by atoms with Crippen molar-refractivity contribution >= 4 is 23.6 Å². The van der Waals surface area contributed by atoms with E-state index in [1.54, 1.807) is 46.5 Å². The number of unbranched alkanes of at least 4 members (excludes halogenated alkanes) is 13. The third-order valence-corrected chi connectivity index (χ3v) is 9.22. The highest BCUT2D eigenvalue weighted by molar-refractivity contribution is 5.96. The van der Waals surface area contributed by atoms with Gasteiger partial charge in [0.15, 0.2) is 0 Å². The van der Waals surface area contributed by atoms with Crippen LogP contribution >= 0.6 is 0 Å². The fourth-order valence-electron chi connectivity index (χ4n) is 6.14. The summed E-state index contributed by atoms with van der Waals surface area (Å²) in [7, 11) is 0. The van der Waals surface area contributed by atoms with Crippen molar-refractivity contribution in [3.8, 4) is 0 Å². The highest BCUT2D eigenvalue weighted by Gasteiger charge is 2.27. The lowest BCUT2D eigenvalue weighted by Gasteiger charge is -2.28. The SMILES string of the molecule is CC(C)C(NCCCCCCCCCCCCCCCCNC(C(=O)N1C=CC(C(N)=O)=CC1)C(C)C)C(=O)N1C=CC(C(N)=O)=CC1. The van der Waals surface area contributed by atoms with E-state index in [4.69, 9.17) is 11.5 Å². The van der Waals surface area contributed by atoms with Crippen molar-refractivity contribution in [1.82, 2.24) is 20.4 Å². The van der Waals surface area contributed by atoms with E-state index in [9.17, 15) is 19.2 Å². The normalized spacial score (nSPS) is 15.9. The number of amides is 4. The summed E-state index contributed by atoms with van der Waals surface area (Å²) in [5.41, 5.74) is 11.5. The fourth-order valence-corrected chi connectivity index (χ4v) is 6.14. The number of rotatable bonds is 25. The second kappa shape index (κ2) is 23.2. The zero-order valence-electron chi connectivity index (χ0n) is 30.2. The first-order valence-electron chi connectivity index (χ1n) is 18.5. The molecule has 4 amide bonds. The molecule has 0 fully saturated rings. The van der Waals surface area contributed by atoms with Crippen molar-refractivity contribution < 1.29 is 19.2 Å². The first kappa shape index (κ1) is 40.9. The summed E-state index contributed by atoms with van der Waals surface area (Å²) in [6, 6.07) is -0.476. The molecule has 0 saturated carbocycles. The maximum Gasteiger partial charge on any atom is 0.248 e. The molecule has 0 saturated heterocycles. The predicted molar refractivity (Wildman–Crippen MR) is 194 cm³/mol. The molecule has 2 aliphatic heterocycles. The lowest BCUT2D eigenvalue weighted by molar-refractivity contribution is -0.132. The van der Waals surface area contributed by atoms with Crippen molar-refractivity contribution in [3.63, 3.8) is 0 Å². The molecule has 48 heavy (non-hydrogen) atoms. The maximum absolute atomic E-state index is 13.0. The molecule has 0 aromatic carbocycles. The van der Waals surface area contributed by atoms with Gasteiger partial charge in [0, 0.05) is 36.6 Å². The van der Waals surface area contributed by atoms with Gasteiger partial charge >= 0.3 is 0 Å². The molecule has 10 nitrogen and oxygen atoms in total. The smallest absolute Gasteiger partial charge is 0.248 e. The highest BCUT2D eigenvalue weighted by Crippen LogP contribution is 2.16. The summed E-state index contributed by atoms with van der Waals surface area (Å²) in [6.07, 6.45) is 27.3. The molecule has 0 radical (unpaired) electrons. The number of hydrogen-bond donors (Lipinski definition) is 4. The summed E-state index contributed by atoms with van der Waals surface area (Å²) in [6.45, 7) is 10.6. The standard InChI is InChI=1S/C38H64N6O4/c1-29(2)33(37(47)43-25-19-31(20-26-43)35(39)45)41-23-17-15-13-11-9-7-5-6-8-10-12-14-16-18-24-42-34(30(3)4)38(48)44-27-21-32(22-28-44)36(40)46/h19-22,25,27,29-30,33-34,41-42H,5-18,23-24,26,28H2,1-4H3,(H2,39,45)(H2,40,46). The average Bonchev–Trinajstić information content (AvgIpc) is 3.06. The molecule has 2 aliphatic rings. The summed E-state index contributed by atoms with van der Waals surface area (Å²) in [5, 5.41) is 6.92. The van der Waals surface area contributed by atoms with E-state index in [1.165, 1.54) is 77.0 Å². The van der Waals surface area contributed by atoms with Crippen molar-refractivity contribution in [1.29, 1.82) is 0 Å². The van der Waals surface area contributed by atoms with Gasteiger partial charge in [-0.2, -0.15) is 0 Å². The van der Waals surface area contributed by atoms with E-state index < -0.39 is 11.8 Å². The zero-order valence-corrected chi connectivity index (χ0v) is 30.2. The molecule has 2 atom stereocenters. The number of nitrogens with two attached hydrogens (primary N) is 2. The van der Waals surface area contributed by atoms with Crippen LogP contribution in [0.25, 0.3) is 0 Å². The van der Waals surface area contributed by atoms with E-state index in [2.05, 4.69) is 38.3 Å². The Bertz CT molecular complexity index is 1050. The van der Waals surface area contributed by atoms with Gasteiger partial charge in [0.05, 0.1) is 12.1 Å². The Morgan fingerprint density at radius 3 is 1.08 bits per heavy atom. The number of primary amides is 2. The van der Waals surface area contributed by atoms with Crippen molar-refractivity contribution in [2.75, 3.05) is 26.2 Å². The fraction of sp³-hybridized carbons (Fsp3) is 0.684. The molecule has 2 rings (SSSR count). The van der Waals surface area contributed by atoms with Gasteiger partial charge in [-0.15, -0.1) is 0 Å². The van der Waals surface area contributed by atoms with Gasteiger partial charge in [-0.25, -0.2) is 0 Å². The van der Waals surface area contributed by atoms with Crippen LogP contribution in [-0.2, 0) is 19.2 Å². The van der Waals surface area contributed by atoms with Crippen molar-refractivity contribution in [3.05, 3.63) is 47.9 Å². The Morgan fingerprint density at radius 2 is 0.854 bits per heavy atom. The minimum atomic E-state index is -0.470. The van der Waals surface area contributed by atoms with Crippen LogP contribution in [0.1, 0.15) is 118 Å². The largest absolute Gasteiger partial charge is 0.366 e. The van der Waals surface area contributed by atoms with Gasteiger partial charge in [0.1, 0.15) is 0 Å². The van der Waals surface area contributed by atoms with Gasteiger partial charge in [-0.1, -0.05) is 117 Å². The summed E-state index contributed by atoms with van der Waals surface area (Å²) in [5.74, 6) is -0.510. The number of nitrogens with one attached hydrogen (secondary N) is 2. The number of carbonyl (C=O) groups excluding carboxylic acids is 4. The van der Waals surface area contributed by atoms with E-state index in [0.29, 0.717) is 24.2 Å². The molecule has 270 valence electrons. The van der Waals surface area contributed by atoms with Crippen LogP contribution < -0.4 is 22.1 Å². The second-order valence-corrected chi connectivity index (χ2v) is 14.0. The Balaban J connectivity index is 1.41. The van der Waals surface area contributed by atoms with E-state index in [1.807, 2.05) is 0 Å². The molecule has 2 unspecified atom stereocenters. The van der Waals surface area contributed by atoms with E-state index in [0.717, 1.165) is 25.9 Å². The van der Waals surface area contributed by atoms with Crippen molar-refractivity contribution in [2.24, 2.45) is 23.3 Å². The monoisotopic (exact) mass is 668 g/mol. The summed E-state index contributed by atoms with van der Waals surface area (Å²) >= 11 is 0. The summed E-state index contributed by atoms with van der Waals surface area (Å²) in [4.78, 5) is 51.9. The second-order valence-electron chi connectivity index (χ2n) is 14.0. The first-order chi connectivity index (χ1) is 23.0. The first-order valence-corrected chi connectivity index (χ1v) is 18.5. The molecule has 2 heterocycles. The van der Waals surface area contributed by atoms with Crippen molar-refractivity contribution in [2.45, 2.75) is 130 Å². The Labute approximate surface area is 289 Å². The third-order valence-electron chi connectivity index (χ3n) is 9.22. The minimum Gasteiger partial charge on any atom is -0.366 e. The maximum atomic E-state index is 13.0. The van der Waals surface area contributed by atoms with Gasteiger partial charge in [0.25, 0.3) is 0 Å². The number of nitrogens with zero attached hydrogens (tertiary/aromatic N) is 2. The molecule has 0 aromatic heterocycles. The van der Waals surface area contributed by atoms with Crippen LogP contribution in [0.4, 0.5) is 0 Å². The van der Waals surface area contributed by atoms with Gasteiger partial charge in [-0.3, -0.25) is 19.2 Å². The van der Waals surface area contributed by atoms with Crippen LogP contribution in [0.2, 0.25) is 0 Å². The topological polar surface area (TPSA) is 151 Å². The third kappa shape index (κ3) is 15.3. The molecule has 0 spiro atoms. The van der Waals surface area contributed by atoms with Crippen LogP contribution in [0.15, 0.2) is 47.9 Å². The van der Waals surface area contributed by atoms with E-state index >= 15 is 0 Å². The molecule has 10 heteroatoms. The molecule has 6 N–H and O–H groups in total. The Kier molecular flexibility index (Phi) is 19.8. The lowest BCUT2D eigenvalue weighted by Crippen LogP contribution is -2.48. The lowest BCUT2D eigenvalue weighted by atomic mass is 10.0. The van der Waals surface area contributed by atoms with Gasteiger partial charge in [0.2, 0.25) is 23.6 Å². The van der Waals surface area contributed by atoms with Gasteiger partial charge in [-0.05, 0) is 49.9 Å². The molecule has 0 bridgehead atoms. The molecular formula is C38H64N6O4. The highest BCUT2D eigenvalue weighted by atomic mass is 16.2. The van der Waals surface area contributed by atoms with Crippen LogP contribution in [0.3, 0.4) is 0 Å². The Morgan fingerprint density at radius 1 is 0.562 bits per heavy atom. The molecule has 0 aromatic rings. The van der Waals surface area contributed by atoms with Crippen LogP contribution in [-0.4, -0.2) is 71.7 Å². The van der Waals surface area contributed by atoms with Crippen LogP contribution in [0, 0.1) is 11.8 Å². The average molecular weight is 669 g/mol. The van der Waals surface area contributed by atoms with E-state index in [-0.39, 0.29) is 35.7 Å². The zero-order chi connectivity index (χ0) is 35.3. The summed E-state index contributed by atoms with van der Waals surface area (Å²) < 4.78 is 0. The quantitative estimate of drug-likeness (QED) is 0.0981. The minimum absolute atomic E-state index is 0.0345.